The van der Waals surface area contributed by atoms with Gasteiger partial charge in [-0.1, -0.05) is 76.2 Å². The number of hydrogen-bond acceptors (Lipinski definition) is 6. The Balaban J connectivity index is 1.98. The summed E-state index contributed by atoms with van der Waals surface area (Å²) in [7, 11) is 0. The molecule has 2 aromatic carbocycles. The van der Waals surface area contributed by atoms with Crippen LogP contribution in [0.5, 0.6) is 0 Å². The molecular formula is C30H31N3O3S. The van der Waals surface area contributed by atoms with Gasteiger partial charge in [0.1, 0.15) is 10.5 Å². The van der Waals surface area contributed by atoms with Crippen molar-refractivity contribution in [2.75, 3.05) is 6.61 Å². The zero-order chi connectivity index (χ0) is 26.9. The number of hydrogen-bond donors (Lipinski definition) is 1. The van der Waals surface area contributed by atoms with E-state index in [-0.39, 0.29) is 23.6 Å². The van der Waals surface area contributed by atoms with E-state index in [1.54, 1.807) is 13.0 Å². The molecule has 190 valence electrons. The summed E-state index contributed by atoms with van der Waals surface area (Å²) in [6, 6.07) is 18.1. The maximum absolute atomic E-state index is 13.5. The Labute approximate surface area is 220 Å². The van der Waals surface area contributed by atoms with Crippen LogP contribution in [-0.4, -0.2) is 17.1 Å². The van der Waals surface area contributed by atoms with Crippen LogP contribution in [0.4, 0.5) is 0 Å². The molecular weight excluding hydrogens is 482 g/mol. The van der Waals surface area contributed by atoms with Crippen molar-refractivity contribution in [1.82, 2.24) is 4.57 Å². The number of nitrogens with two attached hydrogens (primary N) is 1. The van der Waals surface area contributed by atoms with E-state index in [2.05, 4.69) is 33.8 Å². The molecule has 1 aliphatic rings. The van der Waals surface area contributed by atoms with Gasteiger partial charge < -0.3 is 10.5 Å². The highest BCUT2D eigenvalue weighted by Gasteiger charge is 2.36. The Hall–Kier alpha value is -3.89. The summed E-state index contributed by atoms with van der Waals surface area (Å²) in [6.07, 6.45) is 1.79. The van der Waals surface area contributed by atoms with Crippen molar-refractivity contribution in [3.63, 3.8) is 0 Å². The number of nitriles is 1. The lowest BCUT2D eigenvalue weighted by molar-refractivity contribution is -0.138. The molecule has 1 aromatic heterocycles. The number of carbonyl (C=O) groups excluding carboxylic acids is 1. The molecule has 0 saturated carbocycles. The summed E-state index contributed by atoms with van der Waals surface area (Å²) in [5.41, 5.74) is 10.5. The third kappa shape index (κ3) is 4.90. The van der Waals surface area contributed by atoms with Crippen LogP contribution in [0.3, 0.4) is 0 Å². The van der Waals surface area contributed by atoms with Gasteiger partial charge in [-0.05, 0) is 47.1 Å². The van der Waals surface area contributed by atoms with E-state index in [0.29, 0.717) is 26.6 Å². The van der Waals surface area contributed by atoms with Crippen molar-refractivity contribution in [3.05, 3.63) is 95.9 Å². The lowest BCUT2D eigenvalue weighted by atomic mass is 9.83. The lowest BCUT2D eigenvalue weighted by Crippen LogP contribution is -2.40. The molecule has 2 heterocycles. The van der Waals surface area contributed by atoms with E-state index >= 15 is 0 Å². The van der Waals surface area contributed by atoms with Crippen LogP contribution in [0.1, 0.15) is 74.6 Å². The molecule has 6 nitrogen and oxygen atoms in total. The summed E-state index contributed by atoms with van der Waals surface area (Å²) < 4.78 is 7.47. The number of ether oxygens (including phenoxy) is 1. The molecule has 2 N–H and O–H groups in total. The van der Waals surface area contributed by atoms with Crippen LogP contribution in [0.2, 0.25) is 0 Å². The van der Waals surface area contributed by atoms with Crippen molar-refractivity contribution in [2.24, 2.45) is 5.73 Å². The number of nitrogens with zero attached hydrogens (tertiary/aromatic N) is 2. The first-order valence-electron chi connectivity index (χ1n) is 12.4. The van der Waals surface area contributed by atoms with E-state index < -0.39 is 11.9 Å². The molecule has 4 rings (SSSR count). The van der Waals surface area contributed by atoms with E-state index in [4.69, 9.17) is 10.5 Å². The Morgan fingerprint density at radius 3 is 2.16 bits per heavy atom. The van der Waals surface area contributed by atoms with Gasteiger partial charge in [0, 0.05) is 0 Å². The summed E-state index contributed by atoms with van der Waals surface area (Å²) in [5, 5.41) is 10.3. The number of thiazole rings is 1. The summed E-state index contributed by atoms with van der Waals surface area (Å²) >= 11 is 1.21. The first-order valence-corrected chi connectivity index (χ1v) is 13.2. The van der Waals surface area contributed by atoms with E-state index in [1.807, 2.05) is 48.5 Å². The van der Waals surface area contributed by atoms with Crippen LogP contribution in [0.25, 0.3) is 17.5 Å². The number of fused-ring (bicyclic) bond motifs is 1. The van der Waals surface area contributed by atoms with Gasteiger partial charge in [0.25, 0.3) is 5.56 Å². The topological polar surface area (TPSA) is 98.1 Å². The monoisotopic (exact) mass is 513 g/mol. The normalized spacial score (nSPS) is 15.8. The fourth-order valence-electron chi connectivity index (χ4n) is 4.50. The van der Waals surface area contributed by atoms with Gasteiger partial charge in [0.15, 0.2) is 0 Å². The van der Waals surface area contributed by atoms with Crippen molar-refractivity contribution < 1.29 is 9.53 Å². The molecule has 0 aliphatic carbocycles. The second-order valence-electron chi connectivity index (χ2n) is 9.68. The van der Waals surface area contributed by atoms with Gasteiger partial charge in [0.05, 0.1) is 34.3 Å². The van der Waals surface area contributed by atoms with Gasteiger partial charge >= 0.3 is 5.97 Å². The molecule has 1 atom stereocenters. The van der Waals surface area contributed by atoms with E-state index in [1.165, 1.54) is 21.5 Å². The minimum Gasteiger partial charge on any atom is -0.463 e. The number of benzene rings is 2. The predicted octanol–water partition coefficient (Wildman–Crippen LogP) is 4.15. The zero-order valence-electron chi connectivity index (χ0n) is 21.7. The number of esters is 1. The molecule has 0 radical (unpaired) electrons. The van der Waals surface area contributed by atoms with E-state index in [0.717, 1.165) is 16.7 Å². The van der Waals surface area contributed by atoms with Crippen molar-refractivity contribution in [2.45, 2.75) is 52.4 Å². The number of aromatic nitrogens is 1. The predicted molar refractivity (Wildman–Crippen MR) is 148 cm³/mol. The second kappa shape index (κ2) is 10.6. The van der Waals surface area contributed by atoms with Crippen molar-refractivity contribution in [3.8, 4) is 6.07 Å². The molecule has 0 amide bonds. The standard InChI is InChI=1S/C30H31N3O3S/c1-6-36-30(35)26-25(22-13-11-21(12-14-22)18(4)5)23(16-31)29-33(27(26)32)28(34)24(37-29)15-19-7-9-20(10-8-19)17(2)3/h7-15,17-18,25H,6,32H2,1-5H3/b24-15-/t25-/m1/s1. The minimum atomic E-state index is -0.735. The summed E-state index contributed by atoms with van der Waals surface area (Å²) in [4.78, 5) is 26.6. The summed E-state index contributed by atoms with van der Waals surface area (Å²) in [6.45, 7) is 10.3. The molecule has 37 heavy (non-hydrogen) atoms. The maximum Gasteiger partial charge on any atom is 0.338 e. The smallest absolute Gasteiger partial charge is 0.338 e. The Morgan fingerprint density at radius 2 is 1.65 bits per heavy atom. The zero-order valence-corrected chi connectivity index (χ0v) is 22.6. The minimum absolute atomic E-state index is 0.00134. The largest absolute Gasteiger partial charge is 0.463 e. The fourth-order valence-corrected chi connectivity index (χ4v) is 5.62. The highest BCUT2D eigenvalue weighted by atomic mass is 32.1. The van der Waals surface area contributed by atoms with Crippen LogP contribution >= 0.6 is 11.3 Å². The molecule has 0 fully saturated rings. The molecule has 0 saturated heterocycles. The van der Waals surface area contributed by atoms with Crippen molar-refractivity contribution in [1.29, 1.82) is 5.26 Å². The third-order valence-electron chi connectivity index (χ3n) is 6.60. The quantitative estimate of drug-likeness (QED) is 0.500. The molecule has 1 aliphatic heterocycles. The average molecular weight is 514 g/mol. The lowest BCUT2D eigenvalue weighted by Gasteiger charge is -2.25. The van der Waals surface area contributed by atoms with Gasteiger partial charge in [-0.25, -0.2) is 4.79 Å². The summed E-state index contributed by atoms with van der Waals surface area (Å²) in [5.74, 6) is -0.633. The van der Waals surface area contributed by atoms with Crippen molar-refractivity contribution >= 4 is 34.8 Å². The fraction of sp³-hybridized carbons (Fsp3) is 0.300. The Kier molecular flexibility index (Phi) is 7.51. The SMILES string of the molecule is CCOC(=O)C1=C(N)n2c(s/c(=C\c3ccc(C(C)C)cc3)c2=O)=C(C#N)[C@H]1c1ccc(C(C)C)cc1. The van der Waals surface area contributed by atoms with Crippen LogP contribution in [-0.2, 0) is 9.53 Å². The number of rotatable bonds is 6. The molecule has 3 aromatic rings. The second-order valence-corrected chi connectivity index (χ2v) is 10.7. The highest BCUT2D eigenvalue weighted by Crippen LogP contribution is 2.37. The number of carbonyl (C=O) groups is 1. The van der Waals surface area contributed by atoms with Gasteiger partial charge in [-0.15, -0.1) is 11.3 Å². The van der Waals surface area contributed by atoms with Gasteiger partial charge in [-0.2, -0.15) is 5.26 Å². The maximum atomic E-state index is 13.5. The Bertz CT molecular complexity index is 1580. The molecule has 0 bridgehead atoms. The van der Waals surface area contributed by atoms with Crippen LogP contribution < -0.4 is 20.5 Å². The average Bonchev–Trinajstić information content (AvgIpc) is 3.20. The molecule has 7 heteroatoms. The van der Waals surface area contributed by atoms with Gasteiger partial charge in [-0.3, -0.25) is 9.36 Å². The third-order valence-corrected chi connectivity index (χ3v) is 7.71. The highest BCUT2D eigenvalue weighted by molar-refractivity contribution is 7.07. The molecule has 0 spiro atoms. The first kappa shape index (κ1) is 26.2. The van der Waals surface area contributed by atoms with Crippen LogP contribution in [0.15, 0.2) is 58.9 Å². The van der Waals surface area contributed by atoms with Crippen LogP contribution in [0, 0.1) is 11.3 Å². The Morgan fingerprint density at radius 1 is 1.08 bits per heavy atom. The van der Waals surface area contributed by atoms with E-state index in [9.17, 15) is 14.9 Å². The molecule has 0 unspecified atom stereocenters. The van der Waals surface area contributed by atoms with Gasteiger partial charge in [0.2, 0.25) is 0 Å². The first-order chi connectivity index (χ1) is 17.7.